The summed E-state index contributed by atoms with van der Waals surface area (Å²) >= 11 is 0. The third kappa shape index (κ3) is 4.52. The fourth-order valence-electron chi connectivity index (χ4n) is 4.28. The molecule has 0 aliphatic carbocycles. The number of hydrogen-bond acceptors (Lipinski definition) is 5. The van der Waals surface area contributed by atoms with Crippen molar-refractivity contribution < 1.29 is 14.7 Å². The Bertz CT molecular complexity index is 1080. The van der Waals surface area contributed by atoms with Gasteiger partial charge in [0.05, 0.1) is 5.56 Å². The second-order valence-electron chi connectivity index (χ2n) is 8.19. The predicted octanol–water partition coefficient (Wildman–Crippen LogP) is 2.93. The van der Waals surface area contributed by atoms with E-state index in [1.807, 2.05) is 24.1 Å². The molecule has 4 rings (SSSR count). The van der Waals surface area contributed by atoms with Gasteiger partial charge in [-0.05, 0) is 30.4 Å². The van der Waals surface area contributed by atoms with Crippen LogP contribution in [0.4, 0.5) is 5.95 Å². The Kier molecular flexibility index (Phi) is 5.88. The Morgan fingerprint density at radius 1 is 1.16 bits per heavy atom. The maximum Gasteiger partial charge on any atom is 0.338 e. The highest BCUT2D eigenvalue weighted by atomic mass is 16.4. The number of amides is 1. The quantitative estimate of drug-likeness (QED) is 0.658. The lowest BCUT2D eigenvalue weighted by Crippen LogP contribution is -2.40. The van der Waals surface area contributed by atoms with E-state index in [9.17, 15) is 9.59 Å². The molecule has 1 fully saturated rings. The number of carbonyl (C=O) groups is 2. The molecule has 8 heteroatoms. The average Bonchev–Trinajstić information content (AvgIpc) is 3.09. The summed E-state index contributed by atoms with van der Waals surface area (Å²) in [4.78, 5) is 35.7. The van der Waals surface area contributed by atoms with E-state index in [2.05, 4.69) is 37.8 Å². The van der Waals surface area contributed by atoms with Crippen LogP contribution in [0.1, 0.15) is 35.7 Å². The fourth-order valence-corrected chi connectivity index (χ4v) is 4.28. The van der Waals surface area contributed by atoms with E-state index in [-0.39, 0.29) is 11.5 Å². The molecule has 31 heavy (non-hydrogen) atoms. The van der Waals surface area contributed by atoms with Crippen LogP contribution in [0, 0.1) is 5.92 Å². The topological polar surface area (TPSA) is 91.6 Å². The molecule has 1 aliphatic heterocycles. The van der Waals surface area contributed by atoms with Gasteiger partial charge in [0, 0.05) is 69.6 Å². The number of aromatic carboxylic acids is 1. The van der Waals surface area contributed by atoms with Gasteiger partial charge in [0.15, 0.2) is 0 Å². The lowest BCUT2D eigenvalue weighted by Gasteiger charge is -2.34. The summed E-state index contributed by atoms with van der Waals surface area (Å²) in [6.45, 7) is 4.55. The van der Waals surface area contributed by atoms with Crippen molar-refractivity contribution in [3.63, 3.8) is 0 Å². The highest BCUT2D eigenvalue weighted by Gasteiger charge is 2.24. The van der Waals surface area contributed by atoms with Crippen LogP contribution in [0.5, 0.6) is 0 Å². The Balaban J connectivity index is 1.38. The van der Waals surface area contributed by atoms with E-state index >= 15 is 0 Å². The molecule has 1 aromatic carbocycles. The molecular weight excluding hydrogens is 394 g/mol. The van der Waals surface area contributed by atoms with E-state index in [0.717, 1.165) is 38.0 Å². The maximum absolute atomic E-state index is 12.4. The highest BCUT2D eigenvalue weighted by Crippen LogP contribution is 2.25. The molecule has 0 saturated carbocycles. The number of aromatic nitrogens is 3. The van der Waals surface area contributed by atoms with E-state index in [1.54, 1.807) is 6.92 Å². The molecule has 1 saturated heterocycles. The van der Waals surface area contributed by atoms with Gasteiger partial charge in [-0.25, -0.2) is 14.8 Å². The zero-order valence-corrected chi connectivity index (χ0v) is 17.9. The standard InChI is InChI=1S/C23H27N5O3/c1-16(29)28(15-19-14-26(2)21-6-4-3-5-20(19)21)13-17-7-9-27(10-8-17)23-24-11-18(12-25-23)22(30)31/h3-6,11-12,14,17H,7-10,13,15H2,1-2H3,(H,30,31). The van der Waals surface area contributed by atoms with Crippen molar-refractivity contribution in [1.82, 2.24) is 19.4 Å². The summed E-state index contributed by atoms with van der Waals surface area (Å²) in [5, 5.41) is 10.2. The summed E-state index contributed by atoms with van der Waals surface area (Å²) in [7, 11) is 2.03. The highest BCUT2D eigenvalue weighted by molar-refractivity contribution is 5.87. The molecule has 1 amide bonds. The number of piperidine rings is 1. The lowest BCUT2D eigenvalue weighted by atomic mass is 9.96. The van der Waals surface area contributed by atoms with Crippen molar-refractivity contribution in [2.45, 2.75) is 26.3 Å². The summed E-state index contributed by atoms with van der Waals surface area (Å²) in [6.07, 6.45) is 6.67. The summed E-state index contributed by atoms with van der Waals surface area (Å²) < 4.78 is 2.11. The van der Waals surface area contributed by atoms with Crippen LogP contribution in [-0.2, 0) is 18.4 Å². The van der Waals surface area contributed by atoms with Crippen LogP contribution in [-0.4, -0.2) is 56.1 Å². The minimum Gasteiger partial charge on any atom is -0.478 e. The number of nitrogens with zero attached hydrogens (tertiary/aromatic N) is 5. The maximum atomic E-state index is 12.4. The molecule has 0 spiro atoms. The van der Waals surface area contributed by atoms with Crippen LogP contribution in [0.3, 0.4) is 0 Å². The van der Waals surface area contributed by atoms with Gasteiger partial charge in [-0.3, -0.25) is 4.79 Å². The smallest absolute Gasteiger partial charge is 0.338 e. The van der Waals surface area contributed by atoms with Crippen molar-refractivity contribution in [2.75, 3.05) is 24.5 Å². The molecular formula is C23H27N5O3. The summed E-state index contributed by atoms with van der Waals surface area (Å²) in [6, 6.07) is 8.26. The van der Waals surface area contributed by atoms with Gasteiger partial charge in [-0.2, -0.15) is 0 Å². The summed E-state index contributed by atoms with van der Waals surface area (Å²) in [5.41, 5.74) is 2.42. The minimum absolute atomic E-state index is 0.0861. The largest absolute Gasteiger partial charge is 0.478 e. The van der Waals surface area contributed by atoms with Crippen molar-refractivity contribution >= 4 is 28.7 Å². The van der Waals surface area contributed by atoms with Gasteiger partial charge in [0.2, 0.25) is 11.9 Å². The third-order valence-corrected chi connectivity index (χ3v) is 6.05. The molecule has 0 radical (unpaired) electrons. The Labute approximate surface area is 181 Å². The van der Waals surface area contributed by atoms with E-state index in [4.69, 9.17) is 5.11 Å². The molecule has 3 aromatic rings. The number of carbonyl (C=O) groups excluding carboxylic acids is 1. The minimum atomic E-state index is -1.03. The normalized spacial score (nSPS) is 14.7. The van der Waals surface area contributed by atoms with E-state index in [1.165, 1.54) is 23.3 Å². The van der Waals surface area contributed by atoms with Gasteiger partial charge >= 0.3 is 5.97 Å². The first-order chi connectivity index (χ1) is 14.9. The Hall–Kier alpha value is -3.42. The van der Waals surface area contributed by atoms with E-state index in [0.29, 0.717) is 18.4 Å². The third-order valence-electron chi connectivity index (χ3n) is 6.05. The van der Waals surface area contributed by atoms with Crippen LogP contribution >= 0.6 is 0 Å². The van der Waals surface area contributed by atoms with Crippen LogP contribution in [0.15, 0.2) is 42.9 Å². The number of hydrogen-bond donors (Lipinski definition) is 1. The van der Waals surface area contributed by atoms with Crippen molar-refractivity contribution in [2.24, 2.45) is 13.0 Å². The molecule has 3 heterocycles. The molecule has 1 aliphatic rings. The number of para-hydroxylation sites is 1. The second-order valence-corrected chi connectivity index (χ2v) is 8.19. The predicted molar refractivity (Wildman–Crippen MR) is 118 cm³/mol. The number of anilines is 1. The first kappa shape index (κ1) is 20.8. The Morgan fingerprint density at radius 2 is 1.84 bits per heavy atom. The molecule has 162 valence electrons. The van der Waals surface area contributed by atoms with Crippen LogP contribution < -0.4 is 4.90 Å². The summed E-state index contributed by atoms with van der Waals surface area (Å²) in [5.74, 6) is 0.0276. The molecule has 0 bridgehead atoms. The van der Waals surface area contributed by atoms with E-state index < -0.39 is 5.97 Å². The zero-order chi connectivity index (χ0) is 22.0. The Morgan fingerprint density at radius 3 is 2.48 bits per heavy atom. The molecule has 1 N–H and O–H groups in total. The molecule has 8 nitrogen and oxygen atoms in total. The van der Waals surface area contributed by atoms with Gasteiger partial charge in [-0.1, -0.05) is 18.2 Å². The number of carboxylic acids is 1. The van der Waals surface area contributed by atoms with Gasteiger partial charge in [0.25, 0.3) is 0 Å². The SMILES string of the molecule is CC(=O)N(Cc1cn(C)c2ccccc12)CC1CCN(c2ncc(C(=O)O)cn2)CC1. The van der Waals surface area contributed by atoms with Gasteiger partial charge in [0.1, 0.15) is 0 Å². The molecule has 0 atom stereocenters. The number of fused-ring (bicyclic) bond motifs is 1. The van der Waals surface area contributed by atoms with Crippen LogP contribution in [0.2, 0.25) is 0 Å². The van der Waals surface area contributed by atoms with Crippen molar-refractivity contribution in [1.29, 1.82) is 0 Å². The molecule has 2 aromatic heterocycles. The molecule has 0 unspecified atom stereocenters. The van der Waals surface area contributed by atoms with Crippen molar-refractivity contribution in [3.8, 4) is 0 Å². The first-order valence-corrected chi connectivity index (χ1v) is 10.5. The number of carboxylic acid groups (broad SMARTS) is 1. The average molecular weight is 422 g/mol. The zero-order valence-electron chi connectivity index (χ0n) is 17.9. The second kappa shape index (κ2) is 8.75. The van der Waals surface area contributed by atoms with Crippen molar-refractivity contribution in [3.05, 3.63) is 54.0 Å². The van der Waals surface area contributed by atoms with Gasteiger partial charge in [-0.15, -0.1) is 0 Å². The lowest BCUT2D eigenvalue weighted by molar-refractivity contribution is -0.130. The monoisotopic (exact) mass is 421 g/mol. The van der Waals surface area contributed by atoms with Crippen LogP contribution in [0.25, 0.3) is 10.9 Å². The number of benzene rings is 1. The first-order valence-electron chi connectivity index (χ1n) is 10.5. The van der Waals surface area contributed by atoms with Gasteiger partial charge < -0.3 is 19.5 Å². The number of rotatable bonds is 6. The fraction of sp³-hybridized carbons (Fsp3) is 0.391. The number of aryl methyl sites for hydroxylation is 1.